The first-order chi connectivity index (χ1) is 7.80. The summed E-state index contributed by atoms with van der Waals surface area (Å²) in [5, 5.41) is 11.7. The first-order valence-corrected chi connectivity index (χ1v) is 6.91. The second-order valence-corrected chi connectivity index (χ2v) is 6.97. The average molecular weight is 255 g/mol. The summed E-state index contributed by atoms with van der Waals surface area (Å²) in [4.78, 5) is 5.76. The van der Waals surface area contributed by atoms with Crippen LogP contribution >= 0.6 is 11.3 Å². The van der Waals surface area contributed by atoms with E-state index in [1.165, 1.54) is 4.88 Å². The van der Waals surface area contributed by atoms with E-state index in [-0.39, 0.29) is 5.60 Å². The molecule has 0 bridgehead atoms. The molecule has 2 rings (SSSR count). The highest BCUT2D eigenvalue weighted by atomic mass is 32.1. The molecule has 1 saturated heterocycles. The normalized spacial score (nSPS) is 28.3. The average Bonchev–Trinajstić information content (AvgIpc) is 2.41. The van der Waals surface area contributed by atoms with Crippen LogP contribution in [0.2, 0.25) is 0 Å². The minimum atomic E-state index is -0.654. The Kier molecular flexibility index (Phi) is 3.31. The summed E-state index contributed by atoms with van der Waals surface area (Å²) in [7, 11) is 0. The minimum Gasteiger partial charge on any atom is -0.389 e. The van der Waals surface area contributed by atoms with Crippen molar-refractivity contribution in [2.75, 3.05) is 6.61 Å². The third-order valence-corrected chi connectivity index (χ3v) is 4.44. The van der Waals surface area contributed by atoms with Crippen LogP contribution in [0.4, 0.5) is 0 Å². The smallest absolute Gasteiger partial charge is 0.0959 e. The number of hydrogen-bond acceptors (Lipinski definition) is 4. The van der Waals surface area contributed by atoms with E-state index in [2.05, 4.69) is 11.9 Å². The van der Waals surface area contributed by atoms with Crippen molar-refractivity contribution >= 4 is 11.3 Å². The van der Waals surface area contributed by atoms with Gasteiger partial charge < -0.3 is 9.84 Å². The molecule has 17 heavy (non-hydrogen) atoms. The lowest BCUT2D eigenvalue weighted by Crippen LogP contribution is -2.47. The molecular formula is C13H21NO2S. The van der Waals surface area contributed by atoms with Crippen molar-refractivity contribution in [3.8, 4) is 0 Å². The van der Waals surface area contributed by atoms with Gasteiger partial charge in [0, 0.05) is 24.1 Å². The van der Waals surface area contributed by atoms with Crippen LogP contribution in [-0.2, 0) is 11.2 Å². The molecule has 0 saturated carbocycles. The molecule has 1 aromatic heterocycles. The number of hydrogen-bond donors (Lipinski definition) is 1. The Morgan fingerprint density at radius 2 is 2.12 bits per heavy atom. The molecule has 3 nitrogen and oxygen atoms in total. The Hall–Kier alpha value is -0.450. The van der Waals surface area contributed by atoms with Gasteiger partial charge in [-0.1, -0.05) is 0 Å². The molecule has 0 aromatic carbocycles. The molecule has 1 aliphatic rings. The van der Waals surface area contributed by atoms with Crippen molar-refractivity contribution in [3.63, 3.8) is 0 Å². The highest BCUT2D eigenvalue weighted by molar-refractivity contribution is 7.11. The summed E-state index contributed by atoms with van der Waals surface area (Å²) in [6.45, 7) is 8.81. The van der Waals surface area contributed by atoms with Crippen LogP contribution in [0.5, 0.6) is 0 Å². The molecule has 1 unspecified atom stereocenters. The van der Waals surface area contributed by atoms with Gasteiger partial charge in [0.15, 0.2) is 0 Å². The number of aromatic nitrogens is 1. The van der Waals surface area contributed by atoms with E-state index in [0.29, 0.717) is 25.9 Å². The van der Waals surface area contributed by atoms with E-state index in [9.17, 15) is 5.11 Å². The van der Waals surface area contributed by atoms with Crippen LogP contribution in [-0.4, -0.2) is 27.9 Å². The number of rotatable bonds is 2. The molecule has 2 heterocycles. The molecule has 0 spiro atoms. The van der Waals surface area contributed by atoms with E-state index in [0.717, 1.165) is 10.7 Å². The monoisotopic (exact) mass is 255 g/mol. The van der Waals surface area contributed by atoms with E-state index >= 15 is 0 Å². The largest absolute Gasteiger partial charge is 0.389 e. The van der Waals surface area contributed by atoms with Crippen LogP contribution in [0.15, 0.2) is 0 Å². The van der Waals surface area contributed by atoms with Gasteiger partial charge in [0.1, 0.15) is 0 Å². The zero-order valence-electron chi connectivity index (χ0n) is 11.0. The summed E-state index contributed by atoms with van der Waals surface area (Å²) in [6, 6.07) is 0. The maximum Gasteiger partial charge on any atom is 0.0959 e. The standard InChI is InChI=1S/C13H21NO2S/c1-9-10(2)17-11(14-9)7-13(15)5-6-16-12(3,4)8-13/h15H,5-8H2,1-4H3. The molecule has 1 aromatic rings. The van der Waals surface area contributed by atoms with Crippen LogP contribution in [0.25, 0.3) is 0 Å². The molecular weight excluding hydrogens is 234 g/mol. The van der Waals surface area contributed by atoms with Crippen molar-refractivity contribution in [2.24, 2.45) is 0 Å². The first kappa shape index (κ1) is 13.0. The Balaban J connectivity index is 2.11. The summed E-state index contributed by atoms with van der Waals surface area (Å²) in [5.74, 6) is 0. The predicted octanol–water partition coefficient (Wildman–Crippen LogP) is 2.62. The summed E-state index contributed by atoms with van der Waals surface area (Å²) < 4.78 is 5.65. The van der Waals surface area contributed by atoms with Gasteiger partial charge in [0.05, 0.1) is 28.5 Å². The molecule has 0 amide bonds. The van der Waals surface area contributed by atoms with E-state index in [1.807, 2.05) is 20.8 Å². The van der Waals surface area contributed by atoms with Crippen LogP contribution in [0.1, 0.15) is 42.3 Å². The van der Waals surface area contributed by atoms with Crippen molar-refractivity contribution in [2.45, 2.75) is 58.2 Å². The fourth-order valence-corrected chi connectivity index (χ4v) is 3.57. The van der Waals surface area contributed by atoms with Crippen LogP contribution in [0, 0.1) is 13.8 Å². The van der Waals surface area contributed by atoms with Gasteiger partial charge in [-0.15, -0.1) is 11.3 Å². The lowest BCUT2D eigenvalue weighted by molar-refractivity contribution is -0.143. The molecule has 0 aliphatic carbocycles. The second kappa shape index (κ2) is 4.34. The Morgan fingerprint density at radius 3 is 2.65 bits per heavy atom. The number of nitrogens with zero attached hydrogens (tertiary/aromatic N) is 1. The third-order valence-electron chi connectivity index (χ3n) is 3.37. The zero-order valence-corrected chi connectivity index (χ0v) is 11.9. The van der Waals surface area contributed by atoms with Crippen LogP contribution < -0.4 is 0 Å². The molecule has 0 radical (unpaired) electrons. The lowest BCUT2D eigenvalue weighted by atomic mass is 9.82. The number of aliphatic hydroxyl groups is 1. The fourth-order valence-electron chi connectivity index (χ4n) is 2.50. The van der Waals surface area contributed by atoms with Gasteiger partial charge in [-0.3, -0.25) is 0 Å². The van der Waals surface area contributed by atoms with Crippen LogP contribution in [0.3, 0.4) is 0 Å². The van der Waals surface area contributed by atoms with Gasteiger partial charge >= 0.3 is 0 Å². The fraction of sp³-hybridized carbons (Fsp3) is 0.769. The number of thiazole rings is 1. The van der Waals surface area contributed by atoms with Crippen molar-refractivity contribution in [1.29, 1.82) is 0 Å². The van der Waals surface area contributed by atoms with Crippen molar-refractivity contribution in [1.82, 2.24) is 4.98 Å². The first-order valence-electron chi connectivity index (χ1n) is 6.09. The van der Waals surface area contributed by atoms with Gasteiger partial charge in [0.2, 0.25) is 0 Å². The van der Waals surface area contributed by atoms with E-state index < -0.39 is 5.60 Å². The third kappa shape index (κ3) is 3.06. The van der Waals surface area contributed by atoms with Gasteiger partial charge in [0.25, 0.3) is 0 Å². The SMILES string of the molecule is Cc1nc(CC2(O)CCOC(C)(C)C2)sc1C. The highest BCUT2D eigenvalue weighted by Crippen LogP contribution is 2.35. The zero-order chi connectivity index (χ0) is 12.7. The predicted molar refractivity (Wildman–Crippen MR) is 69.5 cm³/mol. The maximum atomic E-state index is 10.6. The number of aryl methyl sites for hydroxylation is 2. The van der Waals surface area contributed by atoms with Crippen molar-refractivity contribution in [3.05, 3.63) is 15.6 Å². The molecule has 1 fully saturated rings. The summed E-state index contributed by atoms with van der Waals surface area (Å²) >= 11 is 1.69. The highest BCUT2D eigenvalue weighted by Gasteiger charge is 2.40. The Bertz CT molecular complexity index is 394. The molecule has 1 aliphatic heterocycles. The van der Waals surface area contributed by atoms with E-state index in [4.69, 9.17) is 4.74 Å². The van der Waals surface area contributed by atoms with Gasteiger partial charge in [-0.2, -0.15) is 0 Å². The molecule has 1 N–H and O–H groups in total. The summed E-state index contributed by atoms with van der Waals surface area (Å²) in [5.41, 5.74) is 0.201. The van der Waals surface area contributed by atoms with Gasteiger partial charge in [-0.05, 0) is 27.7 Å². The maximum absolute atomic E-state index is 10.6. The topological polar surface area (TPSA) is 42.4 Å². The lowest BCUT2D eigenvalue weighted by Gasteiger charge is -2.41. The van der Waals surface area contributed by atoms with Crippen molar-refractivity contribution < 1.29 is 9.84 Å². The Labute approximate surface area is 107 Å². The molecule has 1 atom stereocenters. The summed E-state index contributed by atoms with van der Waals surface area (Å²) in [6.07, 6.45) is 2.03. The van der Waals surface area contributed by atoms with Gasteiger partial charge in [-0.25, -0.2) is 4.98 Å². The van der Waals surface area contributed by atoms with E-state index in [1.54, 1.807) is 11.3 Å². The Morgan fingerprint density at radius 1 is 1.41 bits per heavy atom. The molecule has 96 valence electrons. The molecule has 4 heteroatoms. The number of ether oxygens (including phenoxy) is 1. The second-order valence-electron chi connectivity index (χ2n) is 5.69. The minimum absolute atomic E-state index is 0.228. The quantitative estimate of drug-likeness (QED) is 0.883.